The Hall–Kier alpha value is -6.76. The first-order chi connectivity index (χ1) is 33.9. The van der Waals surface area contributed by atoms with Crippen molar-refractivity contribution in [3.63, 3.8) is 0 Å². The summed E-state index contributed by atoms with van der Waals surface area (Å²) in [6.45, 7) is 13.0. The average Bonchev–Trinajstić information content (AvgIpc) is 4.01. The number of carbonyl (C=O) groups excluding carboxylic acids is 4. The van der Waals surface area contributed by atoms with Gasteiger partial charge in [-0.25, -0.2) is 28.9 Å². The molecule has 4 aliphatic rings. The maximum Gasteiger partial charge on any atom is 0.407 e. The summed E-state index contributed by atoms with van der Waals surface area (Å²) < 4.78 is 34.5. The molecule has 10 rings (SSSR count). The standard InChI is InChI=1S/C52H61FN10O7S/c1-25(2)42(59-50(66)68-8)47(64)61-16-10-11-36(61)44-54-23-34(58-44)31-17-27(4)41-37-20-32-19-30(14-15-35(32)63(37)49(70-39(41)21-31)40-24-56-46(71-40)29-12-13-29)33-22-55-45(57-33)38-18-26(3)28(5)62(38)48(65)43(52(6,7)53)60-51(67)69-9/h14-15,17,19-26,28-29,36,38,42-43,49H,10-13,16,18H2,1-9H3,(H,54,58)(H,55,57)(H,59,66)(H,60,67)/t26-,28-,36+,38+,42+,43-,49?/m1/s1. The third-order valence-electron chi connectivity index (χ3n) is 14.8. The number of halogens is 1. The van der Waals surface area contributed by atoms with Crippen LogP contribution in [0.5, 0.6) is 5.75 Å². The van der Waals surface area contributed by atoms with Crippen LogP contribution in [0.2, 0.25) is 0 Å². The van der Waals surface area contributed by atoms with Crippen LogP contribution >= 0.6 is 11.3 Å². The molecule has 7 heterocycles. The first-order valence-corrected chi connectivity index (χ1v) is 25.3. The van der Waals surface area contributed by atoms with Gasteiger partial charge in [0.05, 0.1) is 71.2 Å². The van der Waals surface area contributed by atoms with E-state index in [0.717, 1.165) is 91.6 Å². The normalized spacial score (nSPS) is 21.7. The minimum Gasteiger partial charge on any atom is -0.464 e. The molecular weight excluding hydrogens is 928 g/mol. The molecule has 71 heavy (non-hydrogen) atoms. The van der Waals surface area contributed by atoms with E-state index in [1.54, 1.807) is 22.4 Å². The lowest BCUT2D eigenvalue weighted by Gasteiger charge is -2.35. The highest BCUT2D eigenvalue weighted by Gasteiger charge is 2.48. The maximum absolute atomic E-state index is 15.6. The van der Waals surface area contributed by atoms with Gasteiger partial charge in [0.1, 0.15) is 35.2 Å². The molecule has 3 aliphatic heterocycles. The lowest BCUT2D eigenvalue weighted by Crippen LogP contribution is -2.58. The summed E-state index contributed by atoms with van der Waals surface area (Å²) in [6, 6.07) is 9.46. The van der Waals surface area contributed by atoms with Crippen molar-refractivity contribution in [3.05, 3.63) is 82.1 Å². The molecule has 4 amide bonds. The van der Waals surface area contributed by atoms with Crippen LogP contribution in [0.25, 0.3) is 44.7 Å². The molecule has 2 saturated heterocycles. The van der Waals surface area contributed by atoms with Crippen molar-refractivity contribution in [1.82, 2.24) is 49.9 Å². The predicted octanol–water partition coefficient (Wildman–Crippen LogP) is 9.48. The van der Waals surface area contributed by atoms with E-state index >= 15 is 4.39 Å². The maximum atomic E-state index is 15.6. The summed E-state index contributed by atoms with van der Waals surface area (Å²) in [4.78, 5) is 78.4. The van der Waals surface area contributed by atoms with Gasteiger partial charge in [0.25, 0.3) is 0 Å². The number of nitrogens with one attached hydrogen (secondary N) is 4. The zero-order chi connectivity index (χ0) is 50.2. The van der Waals surface area contributed by atoms with Gasteiger partial charge in [-0.3, -0.25) is 14.2 Å². The molecule has 0 spiro atoms. The minimum absolute atomic E-state index is 0.0819. The molecule has 1 saturated carbocycles. The van der Waals surface area contributed by atoms with E-state index in [2.05, 4.69) is 75.4 Å². The van der Waals surface area contributed by atoms with Crippen molar-refractivity contribution in [3.8, 4) is 39.5 Å². The average molecular weight is 989 g/mol. The Balaban J connectivity index is 0.974. The second kappa shape index (κ2) is 18.4. The monoisotopic (exact) mass is 988 g/mol. The molecule has 17 nitrogen and oxygen atoms in total. The van der Waals surface area contributed by atoms with Crippen LogP contribution in [-0.2, 0) is 19.1 Å². The van der Waals surface area contributed by atoms with E-state index in [1.807, 2.05) is 38.1 Å². The Morgan fingerprint density at radius 1 is 0.873 bits per heavy atom. The van der Waals surface area contributed by atoms with Crippen molar-refractivity contribution in [2.75, 3.05) is 20.8 Å². The first-order valence-electron chi connectivity index (χ1n) is 24.5. The fourth-order valence-electron chi connectivity index (χ4n) is 10.6. The van der Waals surface area contributed by atoms with Crippen LogP contribution in [0.4, 0.5) is 14.0 Å². The fraction of sp³-hybridized carbons (Fsp3) is 0.481. The minimum atomic E-state index is -2.07. The molecule has 0 radical (unpaired) electrons. The Bertz CT molecular complexity index is 3040. The molecule has 374 valence electrons. The van der Waals surface area contributed by atoms with Crippen molar-refractivity contribution < 1.29 is 37.8 Å². The lowest BCUT2D eigenvalue weighted by atomic mass is 9.98. The van der Waals surface area contributed by atoms with Crippen molar-refractivity contribution >= 4 is 46.2 Å². The summed E-state index contributed by atoms with van der Waals surface area (Å²) in [6.07, 6.45) is 7.91. The fourth-order valence-corrected chi connectivity index (χ4v) is 11.8. The van der Waals surface area contributed by atoms with E-state index < -0.39 is 48.1 Å². The Morgan fingerprint density at radius 3 is 2.24 bits per heavy atom. The van der Waals surface area contributed by atoms with E-state index in [1.165, 1.54) is 28.1 Å². The number of methoxy groups -OCH3 is 2. The number of aromatic nitrogens is 6. The number of benzene rings is 2. The van der Waals surface area contributed by atoms with E-state index in [9.17, 15) is 19.2 Å². The number of alkyl carbamates (subject to hydrolysis) is 2. The molecule has 4 N–H and O–H groups in total. The van der Waals surface area contributed by atoms with Gasteiger partial charge in [-0.2, -0.15) is 0 Å². The number of amides is 4. The molecule has 1 aliphatic carbocycles. The number of aromatic amines is 2. The molecular formula is C52H61FN10O7S. The topological polar surface area (TPSA) is 202 Å². The zero-order valence-electron chi connectivity index (χ0n) is 41.5. The van der Waals surface area contributed by atoms with Crippen LogP contribution in [-0.4, -0.2) is 108 Å². The quantitative estimate of drug-likeness (QED) is 0.0915. The Labute approximate surface area is 415 Å². The number of hydrogen-bond donors (Lipinski definition) is 4. The molecule has 3 fully saturated rings. The Morgan fingerprint density at radius 2 is 1.56 bits per heavy atom. The third kappa shape index (κ3) is 8.79. The number of fused-ring (bicyclic) bond motifs is 5. The second-order valence-electron chi connectivity index (χ2n) is 20.4. The number of H-pyrrole nitrogens is 2. The highest BCUT2D eigenvalue weighted by molar-refractivity contribution is 7.11. The zero-order valence-corrected chi connectivity index (χ0v) is 42.3. The molecule has 19 heteroatoms. The van der Waals surface area contributed by atoms with E-state index in [4.69, 9.17) is 29.2 Å². The summed E-state index contributed by atoms with van der Waals surface area (Å²) >= 11 is 1.69. The lowest BCUT2D eigenvalue weighted by molar-refractivity contribution is -0.140. The summed E-state index contributed by atoms with van der Waals surface area (Å²) in [7, 11) is 2.47. The van der Waals surface area contributed by atoms with Crippen LogP contribution in [0, 0.1) is 18.8 Å². The smallest absolute Gasteiger partial charge is 0.407 e. The van der Waals surface area contributed by atoms with Crippen molar-refractivity contribution in [1.29, 1.82) is 0 Å². The number of likely N-dealkylation sites (tertiary alicyclic amines) is 2. The SMILES string of the molecule is COC(=O)N[C@H](C(=O)N1CCC[C@H]1c1ncc(-c2cc(C)c3c(c2)OC(c2cnc(C4CC4)s2)n2c-3cc3cc(-c4cnc([C@@H]5C[C@@H](C)[C@@H](C)N5C(=O)[C@@H](NC(=O)OC)C(C)(C)F)[nH]4)ccc32)[nH]1)C(C)C. The van der Waals surface area contributed by atoms with Gasteiger partial charge in [-0.1, -0.05) is 26.8 Å². The van der Waals surface area contributed by atoms with Crippen LogP contribution in [0.3, 0.4) is 0 Å². The molecule has 0 bridgehead atoms. The van der Waals surface area contributed by atoms with Crippen LogP contribution in [0.15, 0.2) is 55.0 Å². The summed E-state index contributed by atoms with van der Waals surface area (Å²) in [5.41, 5.74) is 5.21. The largest absolute Gasteiger partial charge is 0.464 e. The number of aryl methyl sites for hydroxylation is 1. The number of nitrogens with zero attached hydrogens (tertiary/aromatic N) is 6. The number of ether oxygens (including phenoxy) is 3. The van der Waals surface area contributed by atoms with Crippen molar-refractivity contribution in [2.24, 2.45) is 11.8 Å². The Kier molecular flexibility index (Phi) is 12.4. The van der Waals surface area contributed by atoms with Gasteiger partial charge in [0.15, 0.2) is 0 Å². The molecule has 2 aromatic carbocycles. The summed E-state index contributed by atoms with van der Waals surface area (Å²) in [5, 5.41) is 7.26. The first kappa shape index (κ1) is 47.9. The number of carbonyl (C=O) groups is 4. The number of hydrogen-bond acceptors (Lipinski definition) is 11. The number of imidazole rings is 2. The van der Waals surface area contributed by atoms with E-state index in [0.29, 0.717) is 30.5 Å². The van der Waals surface area contributed by atoms with Crippen LogP contribution in [0.1, 0.15) is 125 Å². The highest BCUT2D eigenvalue weighted by atomic mass is 32.1. The molecule has 1 unspecified atom stereocenters. The predicted molar refractivity (Wildman–Crippen MR) is 265 cm³/mol. The van der Waals surface area contributed by atoms with Crippen LogP contribution < -0.4 is 15.4 Å². The highest BCUT2D eigenvalue weighted by Crippen LogP contribution is 2.50. The molecule has 6 aromatic rings. The van der Waals surface area contributed by atoms with E-state index in [-0.39, 0.29) is 29.8 Å². The van der Waals surface area contributed by atoms with Gasteiger partial charge >= 0.3 is 12.2 Å². The second-order valence-corrected chi connectivity index (χ2v) is 21.5. The number of rotatable bonds is 12. The van der Waals surface area contributed by atoms with Gasteiger partial charge in [-0.05, 0) is 108 Å². The molecule has 7 atom stereocenters. The summed E-state index contributed by atoms with van der Waals surface area (Å²) in [5.74, 6) is 1.69. The van der Waals surface area contributed by atoms with Gasteiger partial charge in [-0.15, -0.1) is 11.3 Å². The van der Waals surface area contributed by atoms with Gasteiger partial charge in [0, 0.05) is 46.8 Å². The third-order valence-corrected chi connectivity index (χ3v) is 16.0. The number of thiazole rings is 1. The molecule has 4 aromatic heterocycles. The van der Waals surface area contributed by atoms with Gasteiger partial charge in [0.2, 0.25) is 18.0 Å². The van der Waals surface area contributed by atoms with Crippen molar-refractivity contribution in [2.45, 2.75) is 129 Å². The number of alkyl halides is 1. The van der Waals surface area contributed by atoms with Gasteiger partial charge < -0.3 is 44.6 Å².